The summed E-state index contributed by atoms with van der Waals surface area (Å²) in [5, 5.41) is 1.81. The summed E-state index contributed by atoms with van der Waals surface area (Å²) in [6.07, 6.45) is 1.56. The van der Waals surface area contributed by atoms with Crippen LogP contribution in [0.15, 0.2) is 34.0 Å². The van der Waals surface area contributed by atoms with Crippen molar-refractivity contribution < 1.29 is 19.1 Å². The van der Waals surface area contributed by atoms with Crippen LogP contribution in [0.4, 0.5) is 5.69 Å². The molecule has 2 heterocycles. The van der Waals surface area contributed by atoms with E-state index in [-0.39, 0.29) is 29.8 Å². The van der Waals surface area contributed by atoms with Crippen molar-refractivity contribution in [3.8, 4) is 0 Å². The van der Waals surface area contributed by atoms with Crippen LogP contribution in [0, 0.1) is 0 Å². The molecule has 142 valence electrons. The number of hydrogen-bond donors (Lipinski definition) is 0. The highest BCUT2D eigenvalue weighted by molar-refractivity contribution is 8.01. The monoisotopic (exact) mass is 404 g/mol. The van der Waals surface area contributed by atoms with E-state index in [2.05, 4.69) is 4.98 Å². The number of nitrogens with zero attached hydrogens (tertiary/aromatic N) is 2. The maximum absolute atomic E-state index is 12.5. The second-order valence-electron chi connectivity index (χ2n) is 6.00. The van der Waals surface area contributed by atoms with E-state index in [0.717, 1.165) is 16.4 Å². The van der Waals surface area contributed by atoms with Gasteiger partial charge in [-0.2, -0.15) is 0 Å². The molecule has 1 fully saturated rings. The van der Waals surface area contributed by atoms with Crippen LogP contribution in [-0.4, -0.2) is 41.5 Å². The highest BCUT2D eigenvalue weighted by Gasteiger charge is 2.22. The average molecular weight is 405 g/mol. The number of anilines is 1. The number of benzene rings is 1. The topological polar surface area (TPSA) is 76.6 Å². The van der Waals surface area contributed by atoms with Crippen LogP contribution < -0.4 is 4.90 Å². The van der Waals surface area contributed by atoms with Gasteiger partial charge in [-0.05, 0) is 25.5 Å². The fraction of sp³-hybridized carbons (Fsp3) is 0.368. The summed E-state index contributed by atoms with van der Waals surface area (Å²) >= 11 is 2.76. The molecule has 1 saturated heterocycles. The van der Waals surface area contributed by atoms with E-state index in [9.17, 15) is 14.4 Å². The summed E-state index contributed by atoms with van der Waals surface area (Å²) in [4.78, 5) is 42.0. The molecule has 1 aromatic heterocycles. The average Bonchev–Trinajstić information content (AvgIpc) is 3.28. The molecule has 27 heavy (non-hydrogen) atoms. The zero-order valence-electron chi connectivity index (χ0n) is 15.0. The van der Waals surface area contributed by atoms with Crippen LogP contribution in [0.5, 0.6) is 0 Å². The molecule has 0 unspecified atom stereocenters. The van der Waals surface area contributed by atoms with Gasteiger partial charge in [-0.3, -0.25) is 14.4 Å². The molecule has 0 bridgehead atoms. The SMILES string of the molecule is CCOC(=O)Cc1csc(SCC(=O)c2cccc(N3CCCC3=O)c2)n1. The number of thioether (sulfide) groups is 1. The Morgan fingerprint density at radius 3 is 2.96 bits per heavy atom. The fourth-order valence-corrected chi connectivity index (χ4v) is 4.51. The van der Waals surface area contributed by atoms with E-state index in [0.29, 0.717) is 30.8 Å². The molecule has 2 aromatic rings. The van der Waals surface area contributed by atoms with E-state index in [1.54, 1.807) is 30.0 Å². The van der Waals surface area contributed by atoms with Gasteiger partial charge < -0.3 is 9.64 Å². The molecule has 1 aromatic carbocycles. The van der Waals surface area contributed by atoms with Gasteiger partial charge in [-0.25, -0.2) is 4.98 Å². The molecule has 1 aliphatic rings. The van der Waals surface area contributed by atoms with Gasteiger partial charge >= 0.3 is 5.97 Å². The zero-order valence-corrected chi connectivity index (χ0v) is 16.6. The van der Waals surface area contributed by atoms with Crippen LogP contribution in [-0.2, 0) is 20.7 Å². The third kappa shape index (κ3) is 5.17. The number of aromatic nitrogens is 1. The number of carbonyl (C=O) groups is 3. The number of thiazole rings is 1. The van der Waals surface area contributed by atoms with E-state index in [1.807, 2.05) is 11.4 Å². The largest absolute Gasteiger partial charge is 0.466 e. The Morgan fingerprint density at radius 2 is 2.22 bits per heavy atom. The van der Waals surface area contributed by atoms with Crippen LogP contribution in [0.3, 0.4) is 0 Å². The van der Waals surface area contributed by atoms with Crippen molar-refractivity contribution in [2.45, 2.75) is 30.5 Å². The molecule has 0 radical (unpaired) electrons. The molecule has 6 nitrogen and oxygen atoms in total. The highest BCUT2D eigenvalue weighted by Crippen LogP contribution is 2.26. The summed E-state index contributed by atoms with van der Waals surface area (Å²) in [5.74, 6) is 0.0363. The first-order chi connectivity index (χ1) is 13.1. The molecule has 0 spiro atoms. The lowest BCUT2D eigenvalue weighted by molar-refractivity contribution is -0.142. The third-order valence-corrected chi connectivity index (χ3v) is 6.11. The Kier molecular flexibility index (Phi) is 6.63. The number of carbonyl (C=O) groups excluding carboxylic acids is 3. The van der Waals surface area contributed by atoms with E-state index < -0.39 is 0 Å². The standard InChI is InChI=1S/C19H20N2O4S2/c1-2-25-18(24)10-14-11-26-19(20-14)27-12-16(22)13-5-3-6-15(9-13)21-8-4-7-17(21)23/h3,5-6,9,11H,2,4,7-8,10,12H2,1H3. The minimum absolute atomic E-state index is 0.0179. The molecule has 1 aliphatic heterocycles. The van der Waals surface area contributed by atoms with Gasteiger partial charge in [0.2, 0.25) is 5.91 Å². The van der Waals surface area contributed by atoms with Crippen molar-refractivity contribution in [3.05, 3.63) is 40.9 Å². The smallest absolute Gasteiger partial charge is 0.311 e. The number of Topliss-reactive ketones (excluding diaryl/α,β-unsaturated/α-hetero) is 1. The van der Waals surface area contributed by atoms with Crippen molar-refractivity contribution in [2.24, 2.45) is 0 Å². The first-order valence-corrected chi connectivity index (χ1v) is 10.6. The predicted molar refractivity (Wildman–Crippen MR) is 106 cm³/mol. The number of esters is 1. The Labute approximate surface area is 165 Å². The van der Waals surface area contributed by atoms with Gasteiger partial charge in [0.15, 0.2) is 10.1 Å². The van der Waals surface area contributed by atoms with Gasteiger partial charge in [-0.1, -0.05) is 23.9 Å². The summed E-state index contributed by atoms with van der Waals surface area (Å²) in [7, 11) is 0. The minimum Gasteiger partial charge on any atom is -0.466 e. The van der Waals surface area contributed by atoms with Crippen molar-refractivity contribution in [2.75, 3.05) is 23.8 Å². The summed E-state index contributed by atoms with van der Waals surface area (Å²) < 4.78 is 5.65. The first kappa shape index (κ1) is 19.6. The van der Waals surface area contributed by atoms with Gasteiger partial charge in [0.25, 0.3) is 0 Å². The Bertz CT molecular complexity index is 850. The molecule has 0 saturated carbocycles. The van der Waals surface area contributed by atoms with Crippen molar-refractivity contribution in [3.63, 3.8) is 0 Å². The lowest BCUT2D eigenvalue weighted by atomic mass is 10.1. The fourth-order valence-electron chi connectivity index (χ4n) is 2.77. The summed E-state index contributed by atoms with van der Waals surface area (Å²) in [6.45, 7) is 2.81. The molecular weight excluding hydrogens is 384 g/mol. The Morgan fingerprint density at radius 1 is 1.37 bits per heavy atom. The normalized spacial score (nSPS) is 13.8. The first-order valence-electron chi connectivity index (χ1n) is 8.73. The maximum atomic E-state index is 12.5. The lowest BCUT2D eigenvalue weighted by Gasteiger charge is -2.16. The van der Waals surface area contributed by atoms with E-state index in [1.165, 1.54) is 23.1 Å². The summed E-state index contributed by atoms with van der Waals surface area (Å²) in [5.41, 5.74) is 2.02. The zero-order chi connectivity index (χ0) is 19.2. The highest BCUT2D eigenvalue weighted by atomic mass is 32.2. The van der Waals surface area contributed by atoms with Gasteiger partial charge in [-0.15, -0.1) is 11.3 Å². The maximum Gasteiger partial charge on any atom is 0.311 e. The molecule has 8 heteroatoms. The van der Waals surface area contributed by atoms with Crippen LogP contribution in [0.2, 0.25) is 0 Å². The minimum atomic E-state index is -0.302. The van der Waals surface area contributed by atoms with Gasteiger partial charge in [0, 0.05) is 29.6 Å². The number of amides is 1. The number of ketones is 1. The lowest BCUT2D eigenvalue weighted by Crippen LogP contribution is -2.23. The summed E-state index contributed by atoms with van der Waals surface area (Å²) in [6, 6.07) is 7.20. The van der Waals surface area contributed by atoms with Gasteiger partial charge in [0.1, 0.15) is 0 Å². The van der Waals surface area contributed by atoms with Crippen molar-refractivity contribution in [1.82, 2.24) is 4.98 Å². The Balaban J connectivity index is 1.57. The molecule has 0 atom stereocenters. The second kappa shape index (κ2) is 9.14. The van der Waals surface area contributed by atoms with Gasteiger partial charge in [0.05, 0.1) is 24.5 Å². The Hall–Kier alpha value is -2.19. The molecule has 1 amide bonds. The quantitative estimate of drug-likeness (QED) is 0.381. The molecule has 0 aliphatic carbocycles. The predicted octanol–water partition coefficient (Wildman–Crippen LogP) is 3.35. The van der Waals surface area contributed by atoms with Crippen LogP contribution in [0.1, 0.15) is 35.8 Å². The van der Waals surface area contributed by atoms with E-state index in [4.69, 9.17) is 4.74 Å². The second-order valence-corrected chi connectivity index (χ2v) is 8.08. The number of rotatable bonds is 8. The number of ether oxygens (including phenoxy) is 1. The van der Waals surface area contributed by atoms with Crippen LogP contribution in [0.25, 0.3) is 0 Å². The molecular formula is C19H20N2O4S2. The third-order valence-electron chi connectivity index (χ3n) is 4.04. The van der Waals surface area contributed by atoms with Crippen molar-refractivity contribution >= 4 is 46.4 Å². The molecule has 0 N–H and O–H groups in total. The number of hydrogen-bond acceptors (Lipinski definition) is 7. The van der Waals surface area contributed by atoms with Crippen LogP contribution >= 0.6 is 23.1 Å². The van der Waals surface area contributed by atoms with Crippen molar-refractivity contribution in [1.29, 1.82) is 0 Å². The van der Waals surface area contributed by atoms with E-state index >= 15 is 0 Å². The molecule has 3 rings (SSSR count).